The van der Waals surface area contributed by atoms with Crippen LogP contribution in [0.15, 0.2) is 42.5 Å². The minimum Gasteiger partial charge on any atom is -0.478 e. The molecule has 2 aromatic carbocycles. The Labute approximate surface area is 181 Å². The van der Waals surface area contributed by atoms with Gasteiger partial charge in [0.2, 0.25) is 0 Å². The van der Waals surface area contributed by atoms with Crippen LogP contribution in [0.25, 0.3) is 0 Å². The van der Waals surface area contributed by atoms with E-state index in [1.165, 1.54) is 41.9 Å². The van der Waals surface area contributed by atoms with Crippen molar-refractivity contribution >= 4 is 29.5 Å². The fraction of sp³-hybridized carbons (Fsp3) is 0.400. The van der Waals surface area contributed by atoms with Crippen molar-refractivity contribution in [2.45, 2.75) is 49.0 Å². The van der Waals surface area contributed by atoms with E-state index < -0.39 is 5.97 Å². The standard InChI is InChI=1S/C25H26O2S2/c1-25(2)13-12-20(24-28-14-3-15-29-24)21-16-18(8-11-22(21)25)5-4-17-6-9-19(10-7-17)23(26)27/h6-11,16,20,24H,3,12-15H2,1-2H3,(H,26,27). The molecule has 0 aromatic heterocycles. The third-order valence-corrected chi connectivity index (χ3v) is 9.10. The van der Waals surface area contributed by atoms with Crippen molar-refractivity contribution in [3.05, 3.63) is 70.3 Å². The smallest absolute Gasteiger partial charge is 0.335 e. The lowest BCUT2D eigenvalue weighted by Crippen LogP contribution is -2.30. The second-order valence-electron chi connectivity index (χ2n) is 8.43. The molecule has 1 unspecified atom stereocenters. The molecule has 29 heavy (non-hydrogen) atoms. The first kappa shape index (κ1) is 20.4. The molecule has 2 nitrogen and oxygen atoms in total. The van der Waals surface area contributed by atoms with Gasteiger partial charge in [0.25, 0.3) is 0 Å². The van der Waals surface area contributed by atoms with Crippen molar-refractivity contribution in [3.8, 4) is 11.8 Å². The number of thioether (sulfide) groups is 2. The summed E-state index contributed by atoms with van der Waals surface area (Å²) >= 11 is 4.26. The Morgan fingerprint density at radius 2 is 1.69 bits per heavy atom. The van der Waals surface area contributed by atoms with Crippen molar-refractivity contribution in [1.29, 1.82) is 0 Å². The van der Waals surface area contributed by atoms with E-state index in [1.807, 2.05) is 0 Å². The second kappa shape index (κ2) is 8.50. The third kappa shape index (κ3) is 4.52. The van der Waals surface area contributed by atoms with Gasteiger partial charge >= 0.3 is 5.97 Å². The summed E-state index contributed by atoms with van der Waals surface area (Å²) in [6.45, 7) is 4.72. The topological polar surface area (TPSA) is 37.3 Å². The van der Waals surface area contributed by atoms with Crippen molar-refractivity contribution in [1.82, 2.24) is 0 Å². The highest BCUT2D eigenvalue weighted by molar-refractivity contribution is 8.17. The van der Waals surface area contributed by atoms with Gasteiger partial charge in [-0.1, -0.05) is 31.8 Å². The molecule has 0 saturated carbocycles. The summed E-state index contributed by atoms with van der Waals surface area (Å²) in [6, 6.07) is 13.5. The van der Waals surface area contributed by atoms with E-state index in [4.69, 9.17) is 5.11 Å². The highest BCUT2D eigenvalue weighted by atomic mass is 32.2. The fourth-order valence-electron chi connectivity index (χ4n) is 4.23. The Morgan fingerprint density at radius 1 is 1.03 bits per heavy atom. The first-order chi connectivity index (χ1) is 13.9. The van der Waals surface area contributed by atoms with Crippen LogP contribution in [0, 0.1) is 11.8 Å². The molecule has 0 radical (unpaired) electrons. The molecule has 0 bridgehead atoms. The maximum absolute atomic E-state index is 11.0. The molecule has 0 spiro atoms. The van der Waals surface area contributed by atoms with Gasteiger partial charge < -0.3 is 5.11 Å². The van der Waals surface area contributed by atoms with Crippen molar-refractivity contribution in [2.24, 2.45) is 0 Å². The molecule has 1 aliphatic heterocycles. The van der Waals surface area contributed by atoms with Gasteiger partial charge in [0, 0.05) is 17.0 Å². The SMILES string of the molecule is CC1(C)CCC(C2SCCCS2)c2cc(C#Cc3ccc(C(=O)O)cc3)ccc21. The molecule has 150 valence electrons. The number of fused-ring (bicyclic) bond motifs is 1. The van der Waals surface area contributed by atoms with Crippen LogP contribution in [-0.2, 0) is 5.41 Å². The van der Waals surface area contributed by atoms with Crippen LogP contribution >= 0.6 is 23.5 Å². The van der Waals surface area contributed by atoms with Crippen LogP contribution < -0.4 is 0 Å². The predicted octanol–water partition coefficient (Wildman–Crippen LogP) is 6.14. The normalized spacial score (nSPS) is 21.0. The zero-order valence-electron chi connectivity index (χ0n) is 16.9. The zero-order valence-corrected chi connectivity index (χ0v) is 18.5. The number of benzene rings is 2. The molecule has 0 amide bonds. The average molecular weight is 423 g/mol. The third-order valence-electron chi connectivity index (χ3n) is 5.92. The summed E-state index contributed by atoms with van der Waals surface area (Å²) in [4.78, 5) is 11.0. The van der Waals surface area contributed by atoms with Gasteiger partial charge in [0.15, 0.2) is 0 Å². The maximum Gasteiger partial charge on any atom is 0.335 e. The number of aromatic carboxylic acids is 1. The number of carbonyl (C=O) groups is 1. The molecule has 1 fully saturated rings. The van der Waals surface area contributed by atoms with E-state index in [9.17, 15) is 4.79 Å². The number of hydrogen-bond acceptors (Lipinski definition) is 3. The lowest BCUT2D eigenvalue weighted by atomic mass is 9.69. The van der Waals surface area contributed by atoms with Crippen LogP contribution in [0.1, 0.15) is 71.6 Å². The minimum absolute atomic E-state index is 0.217. The number of hydrogen-bond donors (Lipinski definition) is 1. The summed E-state index contributed by atoms with van der Waals surface area (Å²) in [7, 11) is 0. The second-order valence-corrected chi connectivity index (χ2v) is 11.2. The van der Waals surface area contributed by atoms with Crippen LogP contribution in [0.2, 0.25) is 0 Å². The predicted molar refractivity (Wildman–Crippen MR) is 124 cm³/mol. The molecule has 2 aliphatic rings. The van der Waals surface area contributed by atoms with Gasteiger partial charge in [-0.25, -0.2) is 4.79 Å². The Morgan fingerprint density at radius 3 is 2.38 bits per heavy atom. The average Bonchev–Trinajstić information content (AvgIpc) is 2.73. The monoisotopic (exact) mass is 422 g/mol. The van der Waals surface area contributed by atoms with Crippen LogP contribution in [0.5, 0.6) is 0 Å². The molecule has 4 heteroatoms. The van der Waals surface area contributed by atoms with Crippen LogP contribution in [-0.4, -0.2) is 27.2 Å². The molecule has 1 aliphatic carbocycles. The highest BCUT2D eigenvalue weighted by Gasteiger charge is 2.37. The highest BCUT2D eigenvalue weighted by Crippen LogP contribution is 2.50. The number of carboxylic acids is 1. The molecule has 1 atom stereocenters. The van der Waals surface area contributed by atoms with E-state index in [-0.39, 0.29) is 11.0 Å². The molecular weight excluding hydrogens is 396 g/mol. The Hall–Kier alpha value is -1.83. The maximum atomic E-state index is 11.0. The Kier molecular flexibility index (Phi) is 5.99. The number of rotatable bonds is 2. The molecule has 4 rings (SSSR count). The first-order valence-electron chi connectivity index (χ1n) is 10.2. The first-order valence-corrected chi connectivity index (χ1v) is 12.3. The summed E-state index contributed by atoms with van der Waals surface area (Å²) in [6.07, 6.45) is 3.81. The largest absolute Gasteiger partial charge is 0.478 e. The van der Waals surface area contributed by atoms with E-state index in [1.54, 1.807) is 24.3 Å². The van der Waals surface area contributed by atoms with Crippen molar-refractivity contribution in [2.75, 3.05) is 11.5 Å². The Balaban J connectivity index is 1.64. The van der Waals surface area contributed by atoms with E-state index >= 15 is 0 Å². The minimum atomic E-state index is -0.911. The number of carboxylic acid groups (broad SMARTS) is 1. The Bertz CT molecular complexity index is 961. The van der Waals surface area contributed by atoms with E-state index in [2.05, 4.69) is 67.4 Å². The van der Waals surface area contributed by atoms with Gasteiger partial charge in [-0.2, -0.15) is 0 Å². The van der Waals surface area contributed by atoms with Crippen molar-refractivity contribution < 1.29 is 9.90 Å². The fourth-order valence-corrected chi connectivity index (χ4v) is 7.49. The van der Waals surface area contributed by atoms with Crippen molar-refractivity contribution in [3.63, 3.8) is 0 Å². The lowest BCUT2D eigenvalue weighted by molar-refractivity contribution is 0.0697. The summed E-state index contributed by atoms with van der Waals surface area (Å²) in [5.74, 6) is 8.74. The van der Waals surface area contributed by atoms with E-state index in [0.717, 1.165) is 11.1 Å². The molecular formula is C25H26O2S2. The molecule has 1 heterocycles. The molecule has 2 aromatic rings. The van der Waals surface area contributed by atoms with Gasteiger partial charge in [-0.15, -0.1) is 23.5 Å². The van der Waals surface area contributed by atoms with Gasteiger partial charge in [-0.05, 0) is 83.7 Å². The summed E-state index contributed by atoms with van der Waals surface area (Å²) in [5, 5.41) is 9.03. The van der Waals surface area contributed by atoms with Gasteiger partial charge in [0.1, 0.15) is 0 Å². The van der Waals surface area contributed by atoms with Gasteiger partial charge in [0.05, 0.1) is 10.1 Å². The zero-order chi connectivity index (χ0) is 20.4. The molecule has 1 saturated heterocycles. The van der Waals surface area contributed by atoms with E-state index in [0.29, 0.717) is 10.5 Å². The quantitative estimate of drug-likeness (QED) is 0.590. The van der Waals surface area contributed by atoms with Crippen LogP contribution in [0.4, 0.5) is 0 Å². The lowest BCUT2D eigenvalue weighted by Gasteiger charge is -2.41. The van der Waals surface area contributed by atoms with Gasteiger partial charge in [-0.3, -0.25) is 0 Å². The summed E-state index contributed by atoms with van der Waals surface area (Å²) in [5.41, 5.74) is 5.35. The molecule has 1 N–H and O–H groups in total. The summed E-state index contributed by atoms with van der Waals surface area (Å²) < 4.78 is 0.658. The van der Waals surface area contributed by atoms with Crippen LogP contribution in [0.3, 0.4) is 0 Å².